The number of aromatic hydroxyl groups is 1. The fourth-order valence-corrected chi connectivity index (χ4v) is 3.50. The van der Waals surface area contributed by atoms with Crippen LogP contribution in [0, 0.1) is 5.92 Å². The van der Waals surface area contributed by atoms with E-state index in [1.54, 1.807) is 12.1 Å². The van der Waals surface area contributed by atoms with Crippen LogP contribution in [0.25, 0.3) is 0 Å². The molecule has 2 aliphatic heterocycles. The van der Waals surface area contributed by atoms with E-state index in [1.807, 2.05) is 17.0 Å². The molecule has 22 heavy (non-hydrogen) atoms. The third-order valence-corrected chi connectivity index (χ3v) is 4.94. The SMILES string of the molecule is CC1(C2CCNCC2)CN(Cc2ccccc2O)C(=O)CO1. The van der Waals surface area contributed by atoms with Crippen molar-refractivity contribution in [2.24, 2.45) is 5.92 Å². The Labute approximate surface area is 131 Å². The summed E-state index contributed by atoms with van der Waals surface area (Å²) in [5.41, 5.74) is 0.492. The lowest BCUT2D eigenvalue weighted by Gasteiger charge is -2.46. The predicted molar refractivity (Wildman–Crippen MR) is 83.5 cm³/mol. The number of carbonyl (C=O) groups excluding carboxylic acids is 1. The summed E-state index contributed by atoms with van der Waals surface area (Å²) < 4.78 is 5.93. The first-order valence-electron chi connectivity index (χ1n) is 7.98. The topological polar surface area (TPSA) is 61.8 Å². The van der Waals surface area contributed by atoms with Gasteiger partial charge in [0, 0.05) is 12.1 Å². The van der Waals surface area contributed by atoms with Crippen LogP contribution in [0.15, 0.2) is 24.3 Å². The number of nitrogens with one attached hydrogen (secondary N) is 1. The first-order valence-corrected chi connectivity index (χ1v) is 7.98. The number of hydrogen-bond donors (Lipinski definition) is 2. The average Bonchev–Trinajstić information content (AvgIpc) is 2.54. The zero-order valence-corrected chi connectivity index (χ0v) is 13.0. The third kappa shape index (κ3) is 3.10. The molecule has 1 unspecified atom stereocenters. The minimum atomic E-state index is -0.291. The van der Waals surface area contributed by atoms with Crippen LogP contribution in [0.3, 0.4) is 0 Å². The van der Waals surface area contributed by atoms with Gasteiger partial charge >= 0.3 is 0 Å². The number of carbonyl (C=O) groups is 1. The van der Waals surface area contributed by atoms with Crippen LogP contribution >= 0.6 is 0 Å². The van der Waals surface area contributed by atoms with Gasteiger partial charge in [0.1, 0.15) is 12.4 Å². The van der Waals surface area contributed by atoms with E-state index in [2.05, 4.69) is 12.2 Å². The van der Waals surface area contributed by atoms with E-state index in [4.69, 9.17) is 4.74 Å². The first-order chi connectivity index (χ1) is 10.6. The molecule has 0 aliphatic carbocycles. The molecule has 2 fully saturated rings. The molecule has 0 radical (unpaired) electrons. The number of amides is 1. The van der Waals surface area contributed by atoms with Crippen LogP contribution in [0.2, 0.25) is 0 Å². The number of benzene rings is 1. The Morgan fingerprint density at radius 1 is 1.36 bits per heavy atom. The van der Waals surface area contributed by atoms with Gasteiger partial charge in [0.25, 0.3) is 0 Å². The molecule has 5 nitrogen and oxygen atoms in total. The summed E-state index contributed by atoms with van der Waals surface area (Å²) in [6.45, 7) is 5.30. The van der Waals surface area contributed by atoms with Crippen molar-refractivity contribution in [3.05, 3.63) is 29.8 Å². The van der Waals surface area contributed by atoms with Gasteiger partial charge in [0.05, 0.1) is 12.1 Å². The van der Waals surface area contributed by atoms with Crippen molar-refractivity contribution in [2.45, 2.75) is 31.9 Å². The highest BCUT2D eigenvalue weighted by Crippen LogP contribution is 2.33. The van der Waals surface area contributed by atoms with Gasteiger partial charge in [-0.15, -0.1) is 0 Å². The van der Waals surface area contributed by atoms with Crippen molar-refractivity contribution < 1.29 is 14.6 Å². The zero-order valence-electron chi connectivity index (χ0n) is 13.0. The van der Waals surface area contributed by atoms with Crippen molar-refractivity contribution in [2.75, 3.05) is 26.2 Å². The Morgan fingerprint density at radius 2 is 2.09 bits per heavy atom. The monoisotopic (exact) mass is 304 g/mol. The third-order valence-electron chi connectivity index (χ3n) is 4.94. The van der Waals surface area contributed by atoms with Gasteiger partial charge in [0.2, 0.25) is 5.91 Å². The van der Waals surface area contributed by atoms with E-state index in [9.17, 15) is 9.90 Å². The Hall–Kier alpha value is -1.59. The van der Waals surface area contributed by atoms with Gasteiger partial charge in [-0.25, -0.2) is 0 Å². The summed E-state index contributed by atoms with van der Waals surface area (Å²) in [5.74, 6) is 0.703. The van der Waals surface area contributed by atoms with Crippen LogP contribution in [0.1, 0.15) is 25.3 Å². The second kappa shape index (κ2) is 6.26. The van der Waals surface area contributed by atoms with E-state index < -0.39 is 0 Å². The molecule has 2 heterocycles. The number of piperidine rings is 1. The van der Waals surface area contributed by atoms with E-state index in [-0.39, 0.29) is 23.9 Å². The maximum Gasteiger partial charge on any atom is 0.249 e. The van der Waals surface area contributed by atoms with Crippen molar-refractivity contribution >= 4 is 5.91 Å². The standard InChI is InChI=1S/C17H24N2O3/c1-17(14-6-8-18-9-7-14)12-19(16(21)11-22-17)10-13-4-2-3-5-15(13)20/h2-5,14,18,20H,6-12H2,1H3. The fraction of sp³-hybridized carbons (Fsp3) is 0.588. The molecule has 3 rings (SSSR count). The maximum absolute atomic E-state index is 12.2. The largest absolute Gasteiger partial charge is 0.508 e. The highest BCUT2D eigenvalue weighted by molar-refractivity contribution is 5.78. The molecule has 0 spiro atoms. The molecule has 1 amide bonds. The van der Waals surface area contributed by atoms with Gasteiger partial charge in [-0.1, -0.05) is 18.2 Å². The molecule has 1 atom stereocenters. The van der Waals surface area contributed by atoms with Gasteiger partial charge < -0.3 is 20.1 Å². The maximum atomic E-state index is 12.2. The Balaban J connectivity index is 1.73. The van der Waals surface area contributed by atoms with Crippen LogP contribution < -0.4 is 5.32 Å². The summed E-state index contributed by atoms with van der Waals surface area (Å²) in [7, 11) is 0. The van der Waals surface area contributed by atoms with Crippen LogP contribution in [0.5, 0.6) is 5.75 Å². The lowest BCUT2D eigenvalue weighted by Crippen LogP contribution is -2.57. The summed E-state index contributed by atoms with van der Waals surface area (Å²) >= 11 is 0. The molecule has 0 aromatic heterocycles. The van der Waals surface area contributed by atoms with E-state index >= 15 is 0 Å². The normalized spacial score (nSPS) is 27.1. The van der Waals surface area contributed by atoms with Gasteiger partial charge in [-0.3, -0.25) is 4.79 Å². The van der Waals surface area contributed by atoms with Crippen LogP contribution in [-0.4, -0.2) is 47.8 Å². The Morgan fingerprint density at radius 3 is 2.82 bits per heavy atom. The summed E-state index contributed by atoms with van der Waals surface area (Å²) in [5, 5.41) is 13.3. The minimum absolute atomic E-state index is 0.00494. The smallest absolute Gasteiger partial charge is 0.249 e. The zero-order chi connectivity index (χ0) is 15.6. The molecule has 2 saturated heterocycles. The molecule has 0 saturated carbocycles. The summed E-state index contributed by atoms with van der Waals surface area (Å²) in [4.78, 5) is 14.0. The van der Waals surface area contributed by atoms with Crippen molar-refractivity contribution in [3.63, 3.8) is 0 Å². The molecular weight excluding hydrogens is 280 g/mol. The van der Waals surface area contributed by atoms with E-state index in [1.165, 1.54) is 0 Å². The number of nitrogens with zero attached hydrogens (tertiary/aromatic N) is 1. The highest BCUT2D eigenvalue weighted by Gasteiger charge is 2.42. The molecule has 1 aromatic carbocycles. The van der Waals surface area contributed by atoms with E-state index in [0.29, 0.717) is 19.0 Å². The Bertz CT molecular complexity index is 542. The summed E-state index contributed by atoms with van der Waals surface area (Å²) in [6, 6.07) is 7.19. The molecule has 0 bridgehead atoms. The molecule has 120 valence electrons. The van der Waals surface area contributed by atoms with E-state index in [0.717, 1.165) is 31.5 Å². The second-order valence-electron chi connectivity index (χ2n) is 6.50. The molecule has 5 heteroatoms. The Kier molecular flexibility index (Phi) is 4.36. The highest BCUT2D eigenvalue weighted by atomic mass is 16.5. The van der Waals surface area contributed by atoms with Crippen molar-refractivity contribution in [1.82, 2.24) is 10.2 Å². The average molecular weight is 304 g/mol. The molecular formula is C17H24N2O3. The quantitative estimate of drug-likeness (QED) is 0.888. The number of ether oxygens (including phenoxy) is 1. The second-order valence-corrected chi connectivity index (χ2v) is 6.50. The van der Waals surface area contributed by atoms with Gasteiger partial charge in [-0.2, -0.15) is 0 Å². The number of hydrogen-bond acceptors (Lipinski definition) is 4. The molecule has 2 N–H and O–H groups in total. The summed E-state index contributed by atoms with van der Waals surface area (Å²) in [6.07, 6.45) is 2.16. The lowest BCUT2D eigenvalue weighted by molar-refractivity contribution is -0.172. The molecule has 2 aliphatic rings. The van der Waals surface area contributed by atoms with Crippen molar-refractivity contribution in [1.29, 1.82) is 0 Å². The minimum Gasteiger partial charge on any atom is -0.508 e. The number of morpholine rings is 1. The first kappa shape index (κ1) is 15.3. The lowest BCUT2D eigenvalue weighted by atomic mass is 9.81. The fourth-order valence-electron chi connectivity index (χ4n) is 3.50. The van der Waals surface area contributed by atoms with Crippen LogP contribution in [0.4, 0.5) is 0 Å². The van der Waals surface area contributed by atoms with Gasteiger partial charge in [-0.05, 0) is 44.8 Å². The van der Waals surface area contributed by atoms with Gasteiger partial charge in [0.15, 0.2) is 0 Å². The number of rotatable bonds is 3. The number of phenolic OH excluding ortho intramolecular Hbond substituents is 1. The molecule has 1 aromatic rings. The number of para-hydroxylation sites is 1. The number of phenols is 1. The predicted octanol–water partition coefficient (Wildman–Crippen LogP) is 1.51. The van der Waals surface area contributed by atoms with Crippen molar-refractivity contribution in [3.8, 4) is 5.75 Å². The van der Waals surface area contributed by atoms with Crippen LogP contribution in [-0.2, 0) is 16.1 Å².